The molecule has 1 aliphatic heterocycles. The first kappa shape index (κ1) is 18.2. The Balaban J connectivity index is 1.63. The Morgan fingerprint density at radius 1 is 1.19 bits per heavy atom. The predicted octanol–water partition coefficient (Wildman–Crippen LogP) is 4.73. The Labute approximate surface area is 155 Å². The molecular formula is C21H26N2O3. The summed E-state index contributed by atoms with van der Waals surface area (Å²) < 4.78 is 11.3. The minimum absolute atomic E-state index is 0.0144. The zero-order valence-electron chi connectivity index (χ0n) is 15.6. The van der Waals surface area contributed by atoms with Crippen molar-refractivity contribution in [1.82, 2.24) is 9.88 Å². The molecule has 0 aliphatic carbocycles. The standard InChI is InChI=1S/C21H26N2O3/c1-21(2,3)26-20(24)23-13-7-10-18(23)17-11-12-19(22-14-17)25-15-16-8-5-4-6-9-16/h4-6,8-9,11-12,14,18H,7,10,13,15H2,1-3H3. The van der Waals surface area contributed by atoms with E-state index in [2.05, 4.69) is 4.98 Å². The third-order valence-electron chi connectivity index (χ3n) is 4.25. The Bertz CT molecular complexity index is 723. The highest BCUT2D eigenvalue weighted by atomic mass is 16.6. The number of benzene rings is 1. The van der Waals surface area contributed by atoms with Crippen LogP contribution in [-0.2, 0) is 11.3 Å². The summed E-state index contributed by atoms with van der Waals surface area (Å²) in [6, 6.07) is 13.9. The fourth-order valence-corrected chi connectivity index (χ4v) is 3.06. The lowest BCUT2D eigenvalue weighted by Crippen LogP contribution is -2.36. The number of likely N-dealkylation sites (tertiary alicyclic amines) is 1. The van der Waals surface area contributed by atoms with Crippen LogP contribution in [0.2, 0.25) is 0 Å². The third kappa shape index (κ3) is 4.75. The molecule has 1 amide bonds. The van der Waals surface area contributed by atoms with Crippen LogP contribution in [-0.4, -0.2) is 28.1 Å². The highest BCUT2D eigenvalue weighted by Gasteiger charge is 2.33. The second kappa shape index (κ2) is 7.77. The largest absolute Gasteiger partial charge is 0.473 e. The SMILES string of the molecule is CC(C)(C)OC(=O)N1CCCC1c1ccc(OCc2ccccc2)nc1. The maximum Gasteiger partial charge on any atom is 0.410 e. The molecule has 0 bridgehead atoms. The Hall–Kier alpha value is -2.56. The van der Waals surface area contributed by atoms with Gasteiger partial charge in [0.25, 0.3) is 0 Å². The van der Waals surface area contributed by atoms with E-state index < -0.39 is 5.60 Å². The maximum atomic E-state index is 12.4. The topological polar surface area (TPSA) is 51.7 Å². The van der Waals surface area contributed by atoms with E-state index >= 15 is 0 Å². The van der Waals surface area contributed by atoms with Crippen LogP contribution in [0.1, 0.15) is 50.8 Å². The molecule has 0 spiro atoms. The summed E-state index contributed by atoms with van der Waals surface area (Å²) in [5, 5.41) is 0. The van der Waals surface area contributed by atoms with E-state index in [4.69, 9.17) is 9.47 Å². The number of rotatable bonds is 4. The molecule has 0 N–H and O–H groups in total. The first-order valence-electron chi connectivity index (χ1n) is 9.05. The molecule has 1 aromatic heterocycles. The molecule has 1 aromatic carbocycles. The molecule has 5 heteroatoms. The number of ether oxygens (including phenoxy) is 2. The van der Waals surface area contributed by atoms with Crippen LogP contribution < -0.4 is 4.74 Å². The van der Waals surface area contributed by atoms with E-state index in [1.54, 1.807) is 11.1 Å². The minimum atomic E-state index is -0.488. The number of hydrogen-bond acceptors (Lipinski definition) is 4. The highest BCUT2D eigenvalue weighted by Crippen LogP contribution is 2.33. The summed E-state index contributed by atoms with van der Waals surface area (Å²) >= 11 is 0. The Morgan fingerprint density at radius 2 is 1.96 bits per heavy atom. The second-order valence-electron chi connectivity index (χ2n) is 7.54. The number of carbonyl (C=O) groups is 1. The smallest absolute Gasteiger partial charge is 0.410 e. The van der Waals surface area contributed by atoms with E-state index in [1.807, 2.05) is 63.2 Å². The maximum absolute atomic E-state index is 12.4. The van der Waals surface area contributed by atoms with Crippen LogP contribution in [0, 0.1) is 0 Å². The number of carbonyl (C=O) groups excluding carboxylic acids is 1. The van der Waals surface area contributed by atoms with Gasteiger partial charge in [-0.3, -0.25) is 0 Å². The van der Waals surface area contributed by atoms with Crippen LogP contribution in [0.15, 0.2) is 48.7 Å². The number of hydrogen-bond donors (Lipinski definition) is 0. The van der Waals surface area contributed by atoms with Crippen molar-refractivity contribution in [1.29, 1.82) is 0 Å². The molecule has 3 rings (SSSR count). The summed E-state index contributed by atoms with van der Waals surface area (Å²) in [4.78, 5) is 18.6. The Kier molecular flexibility index (Phi) is 5.45. The minimum Gasteiger partial charge on any atom is -0.473 e. The molecule has 1 fully saturated rings. The number of amides is 1. The van der Waals surface area contributed by atoms with E-state index in [0.29, 0.717) is 19.0 Å². The van der Waals surface area contributed by atoms with Crippen molar-refractivity contribution >= 4 is 6.09 Å². The van der Waals surface area contributed by atoms with Gasteiger partial charge < -0.3 is 14.4 Å². The van der Waals surface area contributed by atoms with Crippen molar-refractivity contribution in [2.45, 2.75) is 51.9 Å². The molecule has 138 valence electrons. The lowest BCUT2D eigenvalue weighted by Gasteiger charge is -2.28. The van der Waals surface area contributed by atoms with Crippen molar-refractivity contribution in [2.75, 3.05) is 6.54 Å². The van der Waals surface area contributed by atoms with Crippen LogP contribution >= 0.6 is 0 Å². The number of nitrogens with zero attached hydrogens (tertiary/aromatic N) is 2. The molecule has 1 unspecified atom stereocenters. The fraction of sp³-hybridized carbons (Fsp3) is 0.429. The van der Waals surface area contributed by atoms with Crippen LogP contribution in [0.5, 0.6) is 5.88 Å². The van der Waals surface area contributed by atoms with Crippen molar-refractivity contribution in [3.8, 4) is 5.88 Å². The molecular weight excluding hydrogens is 328 g/mol. The van der Waals surface area contributed by atoms with Gasteiger partial charge in [0.05, 0.1) is 6.04 Å². The molecule has 2 aromatic rings. The summed E-state index contributed by atoms with van der Waals surface area (Å²) in [5.74, 6) is 0.583. The summed E-state index contributed by atoms with van der Waals surface area (Å²) in [6.07, 6.45) is 3.43. The van der Waals surface area contributed by atoms with Gasteiger partial charge in [0.2, 0.25) is 5.88 Å². The normalized spacial score (nSPS) is 17.2. The van der Waals surface area contributed by atoms with Crippen LogP contribution in [0.25, 0.3) is 0 Å². The molecule has 1 saturated heterocycles. The van der Waals surface area contributed by atoms with Crippen molar-refractivity contribution in [3.63, 3.8) is 0 Å². The first-order valence-corrected chi connectivity index (χ1v) is 9.05. The van der Waals surface area contributed by atoms with E-state index in [9.17, 15) is 4.79 Å². The molecule has 1 atom stereocenters. The van der Waals surface area contributed by atoms with Gasteiger partial charge in [0.1, 0.15) is 12.2 Å². The fourth-order valence-electron chi connectivity index (χ4n) is 3.06. The molecule has 26 heavy (non-hydrogen) atoms. The summed E-state index contributed by atoms with van der Waals surface area (Å²) in [5.41, 5.74) is 1.63. The quantitative estimate of drug-likeness (QED) is 0.796. The van der Waals surface area contributed by atoms with Gasteiger partial charge in [0, 0.05) is 18.8 Å². The first-order chi connectivity index (χ1) is 12.4. The number of pyridine rings is 1. The molecule has 5 nitrogen and oxygen atoms in total. The third-order valence-corrected chi connectivity index (χ3v) is 4.25. The summed E-state index contributed by atoms with van der Waals surface area (Å²) in [6.45, 7) is 6.86. The molecule has 0 radical (unpaired) electrons. The van der Waals surface area contributed by atoms with Crippen LogP contribution in [0.4, 0.5) is 4.79 Å². The van der Waals surface area contributed by atoms with Gasteiger partial charge in [0.15, 0.2) is 0 Å². The lowest BCUT2D eigenvalue weighted by molar-refractivity contribution is 0.0224. The molecule has 2 heterocycles. The van der Waals surface area contributed by atoms with Crippen molar-refractivity contribution < 1.29 is 14.3 Å². The van der Waals surface area contributed by atoms with Gasteiger partial charge in [-0.1, -0.05) is 36.4 Å². The highest BCUT2D eigenvalue weighted by molar-refractivity contribution is 5.69. The monoisotopic (exact) mass is 354 g/mol. The zero-order valence-corrected chi connectivity index (χ0v) is 15.6. The van der Waals surface area contributed by atoms with Gasteiger partial charge >= 0.3 is 6.09 Å². The van der Waals surface area contributed by atoms with E-state index in [-0.39, 0.29) is 12.1 Å². The van der Waals surface area contributed by atoms with Gasteiger partial charge in [-0.25, -0.2) is 9.78 Å². The van der Waals surface area contributed by atoms with Crippen molar-refractivity contribution in [2.24, 2.45) is 0 Å². The molecule has 0 saturated carbocycles. The summed E-state index contributed by atoms with van der Waals surface area (Å²) in [7, 11) is 0. The van der Waals surface area contributed by atoms with Gasteiger partial charge in [-0.15, -0.1) is 0 Å². The zero-order chi connectivity index (χ0) is 18.6. The van der Waals surface area contributed by atoms with E-state index in [0.717, 1.165) is 24.0 Å². The molecule has 1 aliphatic rings. The van der Waals surface area contributed by atoms with Crippen molar-refractivity contribution in [3.05, 3.63) is 59.8 Å². The van der Waals surface area contributed by atoms with Gasteiger partial charge in [-0.2, -0.15) is 0 Å². The van der Waals surface area contributed by atoms with Crippen LogP contribution in [0.3, 0.4) is 0 Å². The van der Waals surface area contributed by atoms with E-state index in [1.165, 1.54) is 0 Å². The number of aromatic nitrogens is 1. The predicted molar refractivity (Wildman–Crippen MR) is 99.9 cm³/mol. The second-order valence-corrected chi connectivity index (χ2v) is 7.54. The van der Waals surface area contributed by atoms with Gasteiger partial charge in [-0.05, 0) is 44.7 Å². The lowest BCUT2D eigenvalue weighted by atomic mass is 10.1. The average molecular weight is 354 g/mol. The average Bonchev–Trinajstić information content (AvgIpc) is 3.10. The Morgan fingerprint density at radius 3 is 2.62 bits per heavy atom.